The molecule has 0 radical (unpaired) electrons. The summed E-state index contributed by atoms with van der Waals surface area (Å²) >= 11 is 0. The highest BCUT2D eigenvalue weighted by Crippen LogP contribution is 2.27. The van der Waals surface area contributed by atoms with Gasteiger partial charge in [-0.2, -0.15) is 5.10 Å². The molecule has 8 nitrogen and oxygen atoms in total. The van der Waals surface area contributed by atoms with E-state index in [1.165, 1.54) is 0 Å². The summed E-state index contributed by atoms with van der Waals surface area (Å²) in [5, 5.41) is 10.5. The molecule has 37 heavy (non-hydrogen) atoms. The summed E-state index contributed by atoms with van der Waals surface area (Å²) < 4.78 is 11.6. The van der Waals surface area contributed by atoms with E-state index in [-0.39, 0.29) is 24.1 Å². The van der Waals surface area contributed by atoms with Gasteiger partial charge < -0.3 is 19.7 Å². The molecule has 1 aliphatic rings. The SMILES string of the molecule is CC(C)NC(=O)c1cccc(-c2cc(-c3ccc(OC4CCN(C(=O)OC(C)(C)C)CC4)cc3)[nH]n2)c1. The number of hydrogen-bond donors (Lipinski definition) is 2. The minimum atomic E-state index is -0.490. The van der Waals surface area contributed by atoms with Crippen LogP contribution in [-0.4, -0.2) is 57.9 Å². The van der Waals surface area contributed by atoms with Gasteiger partial charge in [-0.3, -0.25) is 9.89 Å². The Balaban J connectivity index is 1.34. The van der Waals surface area contributed by atoms with Crippen molar-refractivity contribution < 1.29 is 19.1 Å². The zero-order chi connectivity index (χ0) is 26.6. The lowest BCUT2D eigenvalue weighted by molar-refractivity contribution is 0.0126. The van der Waals surface area contributed by atoms with Gasteiger partial charge in [0.15, 0.2) is 0 Å². The minimum absolute atomic E-state index is 0.0588. The maximum atomic E-state index is 12.4. The molecule has 1 fully saturated rings. The van der Waals surface area contributed by atoms with E-state index in [1.54, 1.807) is 11.0 Å². The second-order valence-electron chi connectivity index (χ2n) is 10.7. The van der Waals surface area contributed by atoms with Crippen LogP contribution in [0.3, 0.4) is 0 Å². The molecule has 0 saturated carbocycles. The predicted molar refractivity (Wildman–Crippen MR) is 144 cm³/mol. The number of carbonyl (C=O) groups excluding carboxylic acids is 2. The van der Waals surface area contributed by atoms with E-state index in [2.05, 4.69) is 15.5 Å². The molecule has 0 spiro atoms. The van der Waals surface area contributed by atoms with Crippen LogP contribution in [0.4, 0.5) is 4.79 Å². The molecule has 3 aromatic rings. The van der Waals surface area contributed by atoms with Gasteiger partial charge in [0.1, 0.15) is 17.5 Å². The van der Waals surface area contributed by atoms with Gasteiger partial charge in [-0.1, -0.05) is 12.1 Å². The van der Waals surface area contributed by atoms with Crippen molar-refractivity contribution in [1.82, 2.24) is 20.4 Å². The number of hydrogen-bond acceptors (Lipinski definition) is 5. The molecular weight excluding hydrogens is 468 g/mol. The van der Waals surface area contributed by atoms with E-state index in [1.807, 2.05) is 83.1 Å². The van der Waals surface area contributed by atoms with Gasteiger partial charge in [-0.15, -0.1) is 0 Å². The monoisotopic (exact) mass is 504 g/mol. The van der Waals surface area contributed by atoms with E-state index in [0.29, 0.717) is 18.7 Å². The van der Waals surface area contributed by atoms with Crippen LogP contribution < -0.4 is 10.1 Å². The zero-order valence-electron chi connectivity index (χ0n) is 22.2. The molecule has 0 atom stereocenters. The average molecular weight is 505 g/mol. The Hall–Kier alpha value is -3.81. The Bertz CT molecular complexity index is 1220. The third kappa shape index (κ3) is 7.12. The smallest absolute Gasteiger partial charge is 0.410 e. The number of carbonyl (C=O) groups is 2. The maximum absolute atomic E-state index is 12.4. The van der Waals surface area contributed by atoms with E-state index >= 15 is 0 Å². The summed E-state index contributed by atoms with van der Waals surface area (Å²) in [6.45, 7) is 10.7. The molecule has 4 rings (SSSR count). The first-order valence-corrected chi connectivity index (χ1v) is 12.8. The molecule has 1 aliphatic heterocycles. The van der Waals surface area contributed by atoms with Crippen LogP contribution in [0.2, 0.25) is 0 Å². The number of likely N-dealkylation sites (tertiary alicyclic amines) is 1. The standard InChI is InChI=1S/C29H36N4O4/c1-19(2)30-27(34)22-8-6-7-21(17-22)26-18-25(31-32-26)20-9-11-23(12-10-20)36-24-13-15-33(16-14-24)28(35)37-29(3,4)5/h6-12,17-19,24H,13-16H2,1-5H3,(H,30,34)(H,31,32). The summed E-state index contributed by atoms with van der Waals surface area (Å²) in [5.41, 5.74) is 3.62. The second-order valence-corrected chi connectivity index (χ2v) is 10.7. The summed E-state index contributed by atoms with van der Waals surface area (Å²) in [5.74, 6) is 0.696. The maximum Gasteiger partial charge on any atom is 0.410 e. The number of nitrogens with one attached hydrogen (secondary N) is 2. The van der Waals surface area contributed by atoms with Crippen molar-refractivity contribution in [3.05, 3.63) is 60.2 Å². The van der Waals surface area contributed by atoms with Crippen molar-refractivity contribution in [3.63, 3.8) is 0 Å². The third-order valence-electron chi connectivity index (χ3n) is 5.98. The molecule has 2 amide bonds. The lowest BCUT2D eigenvalue weighted by Gasteiger charge is -2.33. The Morgan fingerprint density at radius 1 is 1.03 bits per heavy atom. The fourth-order valence-corrected chi connectivity index (χ4v) is 4.17. The molecule has 2 N–H and O–H groups in total. The van der Waals surface area contributed by atoms with Crippen molar-refractivity contribution in [2.24, 2.45) is 0 Å². The second kappa shape index (κ2) is 11.1. The number of aromatic nitrogens is 2. The largest absolute Gasteiger partial charge is 0.490 e. The van der Waals surface area contributed by atoms with Gasteiger partial charge in [-0.05, 0) is 82.6 Å². The summed E-state index contributed by atoms with van der Waals surface area (Å²) in [6.07, 6.45) is 1.32. The van der Waals surface area contributed by atoms with Crippen LogP contribution in [0.5, 0.6) is 5.75 Å². The number of benzene rings is 2. The van der Waals surface area contributed by atoms with Gasteiger partial charge in [0.05, 0.1) is 11.4 Å². The molecule has 8 heteroatoms. The van der Waals surface area contributed by atoms with Gasteiger partial charge in [-0.25, -0.2) is 4.79 Å². The topological polar surface area (TPSA) is 96.5 Å². The Morgan fingerprint density at radius 2 is 1.73 bits per heavy atom. The van der Waals surface area contributed by atoms with E-state index in [9.17, 15) is 9.59 Å². The number of amides is 2. The first-order valence-electron chi connectivity index (χ1n) is 12.8. The van der Waals surface area contributed by atoms with Crippen molar-refractivity contribution in [2.75, 3.05) is 13.1 Å². The molecule has 2 heterocycles. The summed E-state index contributed by atoms with van der Waals surface area (Å²) in [4.78, 5) is 26.4. The first-order chi connectivity index (χ1) is 17.6. The van der Waals surface area contributed by atoms with Crippen molar-refractivity contribution >= 4 is 12.0 Å². The molecule has 0 bridgehead atoms. The molecule has 0 unspecified atom stereocenters. The first kappa shape index (κ1) is 26.3. The van der Waals surface area contributed by atoms with Crippen LogP contribution in [0.1, 0.15) is 57.8 Å². The average Bonchev–Trinajstić information content (AvgIpc) is 3.34. The lowest BCUT2D eigenvalue weighted by Crippen LogP contribution is -2.44. The molecular formula is C29H36N4O4. The Morgan fingerprint density at radius 3 is 2.38 bits per heavy atom. The van der Waals surface area contributed by atoms with Gasteiger partial charge in [0, 0.05) is 43.1 Å². The molecule has 1 saturated heterocycles. The normalized spacial score (nSPS) is 14.5. The van der Waals surface area contributed by atoms with Crippen LogP contribution >= 0.6 is 0 Å². The molecule has 2 aromatic carbocycles. The molecule has 0 aliphatic carbocycles. The summed E-state index contributed by atoms with van der Waals surface area (Å²) in [6, 6.07) is 17.4. The zero-order valence-corrected chi connectivity index (χ0v) is 22.2. The van der Waals surface area contributed by atoms with Crippen LogP contribution in [0, 0.1) is 0 Å². The van der Waals surface area contributed by atoms with Crippen molar-refractivity contribution in [1.29, 1.82) is 0 Å². The lowest BCUT2D eigenvalue weighted by atomic mass is 10.1. The molecule has 196 valence electrons. The van der Waals surface area contributed by atoms with E-state index in [0.717, 1.165) is 41.1 Å². The van der Waals surface area contributed by atoms with Crippen molar-refractivity contribution in [3.8, 4) is 28.3 Å². The third-order valence-corrected chi connectivity index (χ3v) is 5.98. The van der Waals surface area contributed by atoms with Crippen LogP contribution in [0.25, 0.3) is 22.5 Å². The fourth-order valence-electron chi connectivity index (χ4n) is 4.17. The quantitative estimate of drug-likeness (QED) is 0.452. The van der Waals surface area contributed by atoms with Crippen molar-refractivity contribution in [2.45, 2.75) is 65.2 Å². The number of ether oxygens (including phenoxy) is 2. The highest BCUT2D eigenvalue weighted by atomic mass is 16.6. The molecule has 1 aromatic heterocycles. The van der Waals surface area contributed by atoms with Crippen LogP contribution in [-0.2, 0) is 4.74 Å². The predicted octanol–water partition coefficient (Wildman–Crippen LogP) is 5.66. The Kier molecular flexibility index (Phi) is 7.86. The number of piperidine rings is 1. The Labute approximate surface area is 218 Å². The van der Waals surface area contributed by atoms with Gasteiger partial charge in [0.2, 0.25) is 0 Å². The van der Waals surface area contributed by atoms with E-state index < -0.39 is 5.60 Å². The number of nitrogens with zero attached hydrogens (tertiary/aromatic N) is 2. The highest BCUT2D eigenvalue weighted by Gasteiger charge is 2.27. The number of H-pyrrole nitrogens is 1. The van der Waals surface area contributed by atoms with Gasteiger partial charge in [0.25, 0.3) is 5.91 Å². The van der Waals surface area contributed by atoms with E-state index in [4.69, 9.17) is 9.47 Å². The number of aromatic amines is 1. The minimum Gasteiger partial charge on any atom is -0.490 e. The van der Waals surface area contributed by atoms with Crippen LogP contribution in [0.15, 0.2) is 54.6 Å². The number of rotatable bonds is 6. The van der Waals surface area contributed by atoms with Gasteiger partial charge >= 0.3 is 6.09 Å². The fraction of sp³-hybridized carbons (Fsp3) is 0.414. The summed E-state index contributed by atoms with van der Waals surface area (Å²) in [7, 11) is 0. The highest BCUT2D eigenvalue weighted by molar-refractivity contribution is 5.95.